The average Bonchev–Trinajstić information content (AvgIpc) is 3.35. The van der Waals surface area contributed by atoms with Gasteiger partial charge in [-0.1, -0.05) is 31.2 Å². The molecule has 8 nitrogen and oxygen atoms in total. The number of anilines is 1. The third kappa shape index (κ3) is 6.79. The van der Waals surface area contributed by atoms with E-state index in [1.54, 1.807) is 40.5 Å². The summed E-state index contributed by atoms with van der Waals surface area (Å²) >= 11 is 1.56. The van der Waals surface area contributed by atoms with E-state index in [-0.39, 0.29) is 11.8 Å². The summed E-state index contributed by atoms with van der Waals surface area (Å²) in [6.45, 7) is 2.97. The molecule has 1 heterocycles. The number of fused-ring (bicyclic) bond motifs is 1. The lowest BCUT2D eigenvalue weighted by molar-refractivity contribution is 0.0743. The lowest BCUT2D eigenvalue weighted by Crippen LogP contribution is -2.32. The molecule has 1 aromatic heterocycles. The Morgan fingerprint density at radius 3 is 2.62 bits per heavy atom. The molecule has 204 valence electrons. The van der Waals surface area contributed by atoms with Crippen molar-refractivity contribution in [1.29, 1.82) is 5.41 Å². The highest BCUT2D eigenvalue weighted by molar-refractivity contribution is 7.15. The molecule has 4 N–H and O–H groups in total. The fourth-order valence-electron chi connectivity index (χ4n) is 4.82. The topological polar surface area (TPSA) is 115 Å². The van der Waals surface area contributed by atoms with Crippen molar-refractivity contribution in [3.05, 3.63) is 87.6 Å². The standard InChI is InChI=1S/C30H36N6O2S/c1-4-13-36(29(38)23-10-6-8-21(15-23)24(17-31)18-32)19-20-7-5-9-22(14-20)28(37)34-30-33-26-12-11-25(35(2)3)16-27(26)39-30/h5-10,14-15,17-18,25,31H,4,11-13,16,19,32H2,1-3H3,(H,33,34,37)/b24-18+,31-17?. The zero-order valence-corrected chi connectivity index (χ0v) is 23.6. The summed E-state index contributed by atoms with van der Waals surface area (Å²) in [5.74, 6) is -0.319. The summed E-state index contributed by atoms with van der Waals surface area (Å²) in [5, 5.41) is 11.2. The molecule has 0 fully saturated rings. The Bertz CT molecular complexity index is 1380. The molecule has 3 aromatic rings. The van der Waals surface area contributed by atoms with Crippen LogP contribution in [0.1, 0.15) is 62.2 Å². The van der Waals surface area contributed by atoms with E-state index in [2.05, 4.69) is 29.3 Å². The van der Waals surface area contributed by atoms with Gasteiger partial charge in [0.15, 0.2) is 5.13 Å². The number of aryl methyl sites for hydroxylation is 1. The Balaban J connectivity index is 1.47. The van der Waals surface area contributed by atoms with Crippen LogP contribution in [0.4, 0.5) is 5.13 Å². The van der Waals surface area contributed by atoms with Crippen molar-refractivity contribution < 1.29 is 9.59 Å². The minimum Gasteiger partial charge on any atom is -0.404 e. The molecule has 1 unspecified atom stereocenters. The van der Waals surface area contributed by atoms with Crippen LogP contribution in [0.3, 0.4) is 0 Å². The lowest BCUT2D eigenvalue weighted by Gasteiger charge is -2.27. The largest absolute Gasteiger partial charge is 0.404 e. The number of aromatic nitrogens is 1. The molecule has 4 rings (SSSR count). The zero-order chi connectivity index (χ0) is 27.9. The van der Waals surface area contributed by atoms with Gasteiger partial charge >= 0.3 is 0 Å². The van der Waals surface area contributed by atoms with Crippen molar-refractivity contribution in [3.8, 4) is 0 Å². The van der Waals surface area contributed by atoms with Crippen LogP contribution < -0.4 is 11.1 Å². The summed E-state index contributed by atoms with van der Waals surface area (Å²) in [4.78, 5) is 36.5. The van der Waals surface area contributed by atoms with Gasteiger partial charge in [-0.05, 0) is 75.2 Å². The maximum Gasteiger partial charge on any atom is 0.257 e. The molecular weight excluding hydrogens is 508 g/mol. The van der Waals surface area contributed by atoms with E-state index in [0.717, 1.165) is 42.5 Å². The number of carbonyl (C=O) groups excluding carboxylic acids is 2. The number of nitrogens with zero attached hydrogens (tertiary/aromatic N) is 3. The second-order valence-corrected chi connectivity index (χ2v) is 11.1. The third-order valence-corrected chi connectivity index (χ3v) is 8.02. The van der Waals surface area contributed by atoms with Gasteiger partial charge in [-0.15, -0.1) is 11.3 Å². The van der Waals surface area contributed by atoms with Crippen LogP contribution in [0.2, 0.25) is 0 Å². The first-order chi connectivity index (χ1) is 18.8. The van der Waals surface area contributed by atoms with Crippen LogP contribution in [0.15, 0.2) is 54.7 Å². The highest BCUT2D eigenvalue weighted by Gasteiger charge is 2.24. The highest BCUT2D eigenvalue weighted by Crippen LogP contribution is 2.31. The quantitative estimate of drug-likeness (QED) is 0.317. The first-order valence-corrected chi connectivity index (χ1v) is 14.0. The van der Waals surface area contributed by atoms with Gasteiger partial charge in [0.25, 0.3) is 11.8 Å². The zero-order valence-electron chi connectivity index (χ0n) is 22.7. The van der Waals surface area contributed by atoms with Crippen LogP contribution in [-0.2, 0) is 19.4 Å². The van der Waals surface area contributed by atoms with Crippen molar-refractivity contribution in [2.45, 2.75) is 45.2 Å². The molecule has 0 saturated heterocycles. The SMILES string of the molecule is CCCN(Cc1cccc(C(=O)Nc2nc3c(s2)CC(N(C)C)CC3)c1)C(=O)c1cccc(/C(C=N)=C/N)c1. The molecule has 2 aromatic carbocycles. The molecule has 9 heteroatoms. The van der Waals surface area contributed by atoms with Crippen molar-refractivity contribution in [1.82, 2.24) is 14.8 Å². The highest BCUT2D eigenvalue weighted by atomic mass is 32.1. The minimum absolute atomic E-state index is 0.112. The summed E-state index contributed by atoms with van der Waals surface area (Å²) in [6, 6.07) is 15.0. The van der Waals surface area contributed by atoms with Crippen LogP contribution in [0, 0.1) is 5.41 Å². The summed E-state index contributed by atoms with van der Waals surface area (Å²) < 4.78 is 0. The molecule has 0 spiro atoms. The second-order valence-electron chi connectivity index (χ2n) is 9.98. The van der Waals surface area contributed by atoms with Crippen LogP contribution in [-0.4, -0.2) is 59.5 Å². The van der Waals surface area contributed by atoms with Crippen LogP contribution in [0.25, 0.3) is 5.57 Å². The molecule has 1 aliphatic carbocycles. The smallest absolute Gasteiger partial charge is 0.257 e. The normalized spacial score (nSPS) is 15.1. The number of thiazole rings is 1. The molecule has 39 heavy (non-hydrogen) atoms. The molecule has 0 radical (unpaired) electrons. The molecule has 1 aliphatic rings. The number of carbonyl (C=O) groups is 2. The summed E-state index contributed by atoms with van der Waals surface area (Å²) in [5.41, 5.74) is 9.92. The summed E-state index contributed by atoms with van der Waals surface area (Å²) in [6.07, 6.45) is 6.29. The van der Waals surface area contributed by atoms with E-state index in [1.165, 1.54) is 17.3 Å². The van der Waals surface area contributed by atoms with E-state index in [9.17, 15) is 9.59 Å². The molecule has 1 atom stereocenters. The first-order valence-electron chi connectivity index (χ1n) is 13.2. The number of benzene rings is 2. The third-order valence-electron chi connectivity index (χ3n) is 6.99. The van der Waals surface area contributed by atoms with Gasteiger partial charge in [0.1, 0.15) is 0 Å². The Morgan fingerprint density at radius 2 is 1.90 bits per heavy atom. The van der Waals surface area contributed by atoms with Gasteiger partial charge in [0.05, 0.1) is 5.69 Å². The molecule has 0 bridgehead atoms. The van der Waals surface area contributed by atoms with Crippen LogP contribution in [0.5, 0.6) is 0 Å². The van der Waals surface area contributed by atoms with E-state index in [4.69, 9.17) is 11.1 Å². The van der Waals surface area contributed by atoms with E-state index < -0.39 is 0 Å². The Kier molecular flexibility index (Phi) is 9.27. The first kappa shape index (κ1) is 28.2. The van der Waals surface area contributed by atoms with E-state index >= 15 is 0 Å². The van der Waals surface area contributed by atoms with Crippen molar-refractivity contribution >= 4 is 40.1 Å². The van der Waals surface area contributed by atoms with Crippen molar-refractivity contribution in [2.24, 2.45) is 5.73 Å². The van der Waals surface area contributed by atoms with Gasteiger partial charge in [0.2, 0.25) is 0 Å². The summed E-state index contributed by atoms with van der Waals surface area (Å²) in [7, 11) is 4.21. The number of amides is 2. The van der Waals surface area contributed by atoms with Gasteiger partial charge in [-0.3, -0.25) is 14.9 Å². The van der Waals surface area contributed by atoms with Crippen LogP contribution >= 0.6 is 11.3 Å². The van der Waals surface area contributed by atoms with Gasteiger partial charge in [-0.25, -0.2) is 4.98 Å². The fraction of sp³-hybridized carbons (Fsp3) is 0.333. The molecular formula is C30H36N6O2S. The Hall–Kier alpha value is -3.82. The van der Waals surface area contributed by atoms with Gasteiger partial charge in [-0.2, -0.15) is 0 Å². The van der Waals surface area contributed by atoms with E-state index in [0.29, 0.717) is 41.0 Å². The van der Waals surface area contributed by atoms with Gasteiger partial charge < -0.3 is 20.9 Å². The number of nitrogens with two attached hydrogens (primary N) is 1. The Morgan fingerprint density at radius 1 is 1.15 bits per heavy atom. The predicted octanol–water partition coefficient (Wildman–Crippen LogP) is 4.82. The number of hydrogen-bond donors (Lipinski definition) is 3. The average molecular weight is 545 g/mol. The minimum atomic E-state index is -0.207. The number of likely N-dealkylation sites (N-methyl/N-ethyl adjacent to an activating group) is 1. The maximum absolute atomic E-state index is 13.4. The molecule has 0 saturated carbocycles. The monoisotopic (exact) mass is 544 g/mol. The molecule has 0 aliphatic heterocycles. The number of rotatable bonds is 10. The van der Waals surface area contributed by atoms with E-state index in [1.807, 2.05) is 31.2 Å². The number of hydrogen-bond acceptors (Lipinski definition) is 7. The van der Waals surface area contributed by atoms with Crippen molar-refractivity contribution in [2.75, 3.05) is 26.0 Å². The maximum atomic E-state index is 13.4. The predicted molar refractivity (Wildman–Crippen MR) is 158 cm³/mol. The number of allylic oxidation sites excluding steroid dienone is 1. The molecule has 2 amide bonds. The Labute approximate surface area is 234 Å². The fourth-order valence-corrected chi connectivity index (χ4v) is 5.89. The van der Waals surface area contributed by atoms with Gasteiger partial charge in [0, 0.05) is 53.1 Å². The number of nitrogens with one attached hydrogen (secondary N) is 2. The second kappa shape index (κ2) is 12.8. The van der Waals surface area contributed by atoms with Crippen molar-refractivity contribution in [3.63, 3.8) is 0 Å². The lowest BCUT2D eigenvalue weighted by atomic mass is 9.97.